The number of aryl methyl sites for hydroxylation is 2. The van der Waals surface area contributed by atoms with Crippen LogP contribution < -0.4 is 0 Å². The van der Waals surface area contributed by atoms with E-state index in [-0.39, 0.29) is 5.91 Å². The lowest BCUT2D eigenvalue weighted by Gasteiger charge is -2.22. The highest BCUT2D eigenvalue weighted by Crippen LogP contribution is 2.25. The first-order valence-electron chi connectivity index (χ1n) is 10.2. The first kappa shape index (κ1) is 21.6. The van der Waals surface area contributed by atoms with Crippen LogP contribution >= 0.6 is 11.3 Å². The molecule has 1 atom stereocenters. The molecule has 6 nitrogen and oxygen atoms in total. The lowest BCUT2D eigenvalue weighted by Crippen LogP contribution is -2.33. The maximum absolute atomic E-state index is 13.1. The number of methoxy groups -OCH3 is 1. The number of aromatic amines is 1. The van der Waals surface area contributed by atoms with E-state index < -0.39 is 5.97 Å². The van der Waals surface area contributed by atoms with Crippen molar-refractivity contribution in [3.8, 4) is 0 Å². The van der Waals surface area contributed by atoms with Crippen molar-refractivity contribution in [1.29, 1.82) is 0 Å². The van der Waals surface area contributed by atoms with E-state index in [1.165, 1.54) is 16.9 Å². The maximum Gasteiger partial charge on any atom is 0.339 e. The molecule has 0 aromatic carbocycles. The van der Waals surface area contributed by atoms with Crippen molar-refractivity contribution in [1.82, 2.24) is 14.8 Å². The van der Waals surface area contributed by atoms with Gasteiger partial charge in [-0.05, 0) is 56.8 Å². The Morgan fingerprint density at radius 3 is 2.72 bits per heavy atom. The number of hydrogen-bond acceptors (Lipinski definition) is 5. The normalized spacial score (nSPS) is 16.9. The van der Waals surface area contributed by atoms with Crippen LogP contribution in [0.5, 0.6) is 0 Å². The van der Waals surface area contributed by atoms with Gasteiger partial charge in [0, 0.05) is 42.1 Å². The van der Waals surface area contributed by atoms with Gasteiger partial charge in [0.05, 0.1) is 12.7 Å². The molecule has 0 aliphatic carbocycles. The second-order valence-corrected chi connectivity index (χ2v) is 9.28. The Morgan fingerprint density at radius 1 is 1.34 bits per heavy atom. The first-order valence-corrected chi connectivity index (χ1v) is 11.0. The van der Waals surface area contributed by atoms with Crippen molar-refractivity contribution in [2.45, 2.75) is 40.2 Å². The summed E-state index contributed by atoms with van der Waals surface area (Å²) in [5.41, 5.74) is 2.41. The lowest BCUT2D eigenvalue weighted by atomic mass is 10.1. The molecule has 1 fully saturated rings. The molecule has 0 radical (unpaired) electrons. The van der Waals surface area contributed by atoms with Crippen LogP contribution in [-0.2, 0) is 17.7 Å². The SMILES string of the molecule is CCc1[nH]c(C(=O)N(C)C[C@@H]2CCN(Cc3ccc(C)s3)C2)c(C)c1C(=O)OC. The van der Waals surface area contributed by atoms with Crippen molar-refractivity contribution in [2.24, 2.45) is 5.92 Å². The molecule has 0 spiro atoms. The van der Waals surface area contributed by atoms with Gasteiger partial charge in [0.25, 0.3) is 5.91 Å². The molecule has 1 N–H and O–H groups in total. The number of likely N-dealkylation sites (tertiary alicyclic amines) is 1. The molecule has 158 valence electrons. The van der Waals surface area contributed by atoms with E-state index in [1.54, 1.807) is 4.90 Å². The van der Waals surface area contributed by atoms with Gasteiger partial charge in [-0.3, -0.25) is 9.69 Å². The highest BCUT2D eigenvalue weighted by atomic mass is 32.1. The summed E-state index contributed by atoms with van der Waals surface area (Å²) < 4.78 is 4.89. The van der Waals surface area contributed by atoms with Gasteiger partial charge in [-0.2, -0.15) is 0 Å². The number of amides is 1. The number of ether oxygens (including phenoxy) is 1. The molecule has 0 unspecified atom stereocenters. The van der Waals surface area contributed by atoms with Crippen LogP contribution in [0.4, 0.5) is 0 Å². The molecule has 3 heterocycles. The summed E-state index contributed by atoms with van der Waals surface area (Å²) in [6, 6.07) is 4.38. The number of aromatic nitrogens is 1. The quantitative estimate of drug-likeness (QED) is 0.699. The van der Waals surface area contributed by atoms with E-state index in [0.29, 0.717) is 35.7 Å². The van der Waals surface area contributed by atoms with Crippen LogP contribution in [0.1, 0.15) is 55.2 Å². The second-order valence-electron chi connectivity index (χ2n) is 7.91. The number of esters is 1. The van der Waals surface area contributed by atoms with E-state index >= 15 is 0 Å². The van der Waals surface area contributed by atoms with E-state index in [9.17, 15) is 9.59 Å². The van der Waals surface area contributed by atoms with Crippen molar-refractivity contribution < 1.29 is 14.3 Å². The highest BCUT2D eigenvalue weighted by Gasteiger charge is 2.28. The Labute approximate surface area is 176 Å². The minimum atomic E-state index is -0.396. The summed E-state index contributed by atoms with van der Waals surface area (Å²) in [6.07, 6.45) is 1.74. The van der Waals surface area contributed by atoms with Gasteiger partial charge in [-0.25, -0.2) is 4.79 Å². The predicted molar refractivity (Wildman–Crippen MR) is 116 cm³/mol. The standard InChI is InChI=1S/C22H31N3O3S/c1-6-18-19(22(27)28-5)15(3)20(23-18)21(26)24(4)11-16-9-10-25(12-16)13-17-8-7-14(2)29-17/h7-8,16,23H,6,9-13H2,1-5H3/t16-/m0/s1. The average molecular weight is 418 g/mol. The summed E-state index contributed by atoms with van der Waals surface area (Å²) in [5, 5.41) is 0. The number of nitrogens with zero attached hydrogens (tertiary/aromatic N) is 2. The number of hydrogen-bond donors (Lipinski definition) is 1. The van der Waals surface area contributed by atoms with Crippen molar-refractivity contribution in [3.05, 3.63) is 44.4 Å². The van der Waals surface area contributed by atoms with Gasteiger partial charge in [0.2, 0.25) is 0 Å². The van der Waals surface area contributed by atoms with E-state index in [1.807, 2.05) is 32.2 Å². The molecule has 7 heteroatoms. The molecule has 1 amide bonds. The van der Waals surface area contributed by atoms with Crippen LogP contribution in [0, 0.1) is 19.8 Å². The van der Waals surface area contributed by atoms with E-state index in [0.717, 1.165) is 31.7 Å². The Balaban J connectivity index is 1.62. The monoisotopic (exact) mass is 417 g/mol. The number of nitrogens with one attached hydrogen (secondary N) is 1. The number of thiophene rings is 1. The van der Waals surface area contributed by atoms with Gasteiger partial charge in [0.1, 0.15) is 5.69 Å². The number of carbonyl (C=O) groups excluding carboxylic acids is 2. The summed E-state index contributed by atoms with van der Waals surface area (Å²) in [7, 11) is 3.21. The van der Waals surface area contributed by atoms with Crippen LogP contribution in [0.3, 0.4) is 0 Å². The third-order valence-corrected chi connectivity index (χ3v) is 6.69. The molecule has 0 bridgehead atoms. The summed E-state index contributed by atoms with van der Waals surface area (Å²) in [4.78, 5) is 35.3. The predicted octanol–water partition coefficient (Wildman–Crippen LogP) is 3.64. The third kappa shape index (κ3) is 4.73. The molecule has 3 rings (SSSR count). The molecule has 0 saturated carbocycles. The Hall–Kier alpha value is -2.12. The summed E-state index contributed by atoms with van der Waals surface area (Å²) >= 11 is 1.86. The molecule has 1 saturated heterocycles. The van der Waals surface area contributed by atoms with Crippen LogP contribution in [0.15, 0.2) is 12.1 Å². The minimum absolute atomic E-state index is 0.0697. The topological polar surface area (TPSA) is 65.6 Å². The van der Waals surface area contributed by atoms with Crippen molar-refractivity contribution >= 4 is 23.2 Å². The van der Waals surface area contributed by atoms with Gasteiger partial charge < -0.3 is 14.6 Å². The Bertz CT molecular complexity index is 886. The van der Waals surface area contributed by atoms with Gasteiger partial charge >= 0.3 is 5.97 Å². The molecular weight excluding hydrogens is 386 g/mol. The zero-order valence-corrected chi connectivity index (χ0v) is 18.8. The van der Waals surface area contributed by atoms with Crippen molar-refractivity contribution in [2.75, 3.05) is 33.8 Å². The zero-order valence-electron chi connectivity index (χ0n) is 18.0. The largest absolute Gasteiger partial charge is 0.465 e. The number of H-pyrrole nitrogens is 1. The summed E-state index contributed by atoms with van der Waals surface area (Å²) in [6.45, 7) is 9.68. The fourth-order valence-electron chi connectivity index (χ4n) is 4.17. The van der Waals surface area contributed by atoms with Gasteiger partial charge in [0.15, 0.2) is 0 Å². The van der Waals surface area contributed by atoms with Crippen LogP contribution in [0.25, 0.3) is 0 Å². The van der Waals surface area contributed by atoms with Crippen molar-refractivity contribution in [3.63, 3.8) is 0 Å². The molecule has 29 heavy (non-hydrogen) atoms. The molecule has 2 aromatic rings. The van der Waals surface area contributed by atoms with Crippen LogP contribution in [0.2, 0.25) is 0 Å². The highest BCUT2D eigenvalue weighted by molar-refractivity contribution is 7.11. The van der Waals surface area contributed by atoms with Crippen LogP contribution in [-0.4, -0.2) is 60.5 Å². The maximum atomic E-state index is 13.1. The van der Waals surface area contributed by atoms with E-state index in [2.05, 4.69) is 28.9 Å². The smallest absolute Gasteiger partial charge is 0.339 e. The minimum Gasteiger partial charge on any atom is -0.465 e. The fourth-order valence-corrected chi connectivity index (χ4v) is 5.11. The lowest BCUT2D eigenvalue weighted by molar-refractivity contribution is 0.0599. The molecule has 1 aliphatic heterocycles. The van der Waals surface area contributed by atoms with Gasteiger partial charge in [-0.15, -0.1) is 11.3 Å². The fraction of sp³-hybridized carbons (Fsp3) is 0.545. The second kappa shape index (κ2) is 9.13. The molecule has 1 aliphatic rings. The van der Waals surface area contributed by atoms with Gasteiger partial charge in [-0.1, -0.05) is 6.92 Å². The average Bonchev–Trinajstić information content (AvgIpc) is 3.40. The Kier molecular flexibility index (Phi) is 6.80. The Morgan fingerprint density at radius 2 is 2.10 bits per heavy atom. The molecule has 2 aromatic heterocycles. The third-order valence-electron chi connectivity index (χ3n) is 5.71. The first-order chi connectivity index (χ1) is 13.8. The number of rotatable bonds is 7. The zero-order chi connectivity index (χ0) is 21.1. The molecular formula is C22H31N3O3S. The summed E-state index contributed by atoms with van der Waals surface area (Å²) in [5.74, 6) is -0.00163. The number of carbonyl (C=O) groups is 2. The van der Waals surface area contributed by atoms with E-state index in [4.69, 9.17) is 4.74 Å².